The number of amides is 2. The Balaban J connectivity index is 1.31. The first-order chi connectivity index (χ1) is 21.9. The maximum atomic E-state index is 14.9. The number of nitrogens with zero attached hydrogens (tertiary/aromatic N) is 2. The second-order valence-corrected chi connectivity index (χ2v) is 14.4. The molecule has 1 aromatic carbocycles. The summed E-state index contributed by atoms with van der Waals surface area (Å²) in [6, 6.07) is 3.09. The lowest BCUT2D eigenvalue weighted by molar-refractivity contribution is -0.143. The summed E-state index contributed by atoms with van der Waals surface area (Å²) in [5.74, 6) is -3.76. The van der Waals surface area contributed by atoms with Gasteiger partial charge in [-0.3, -0.25) is 14.4 Å². The molecule has 1 aliphatic carbocycles. The molecule has 11 nitrogen and oxygen atoms in total. The van der Waals surface area contributed by atoms with E-state index in [-0.39, 0.29) is 47.1 Å². The fourth-order valence-electron chi connectivity index (χ4n) is 6.33. The summed E-state index contributed by atoms with van der Waals surface area (Å²) >= 11 is 0. The molecule has 5 atom stereocenters. The number of carbonyl (C=O) groups excluding carboxylic acids is 3. The van der Waals surface area contributed by atoms with Gasteiger partial charge in [-0.1, -0.05) is 48.0 Å². The number of aromatic nitrogens is 2. The van der Waals surface area contributed by atoms with Crippen LogP contribution in [0.3, 0.4) is 0 Å². The minimum atomic E-state index is -3.63. The minimum Gasteiger partial charge on any atom is -0.497 e. The fourth-order valence-corrected chi connectivity index (χ4v) is 6.33. The lowest BCUT2D eigenvalue weighted by Crippen LogP contribution is -2.58. The van der Waals surface area contributed by atoms with Crippen LogP contribution in [0.15, 0.2) is 23.0 Å². The molecule has 4 rings (SSSR count). The van der Waals surface area contributed by atoms with Gasteiger partial charge in [-0.2, -0.15) is 8.78 Å². The number of hydrogen-bond acceptors (Lipinski definition) is 8. The van der Waals surface area contributed by atoms with Crippen LogP contribution in [0.4, 0.5) is 13.6 Å². The highest BCUT2D eigenvalue weighted by atomic mass is 19.3. The van der Waals surface area contributed by atoms with E-state index in [4.69, 9.17) is 14.2 Å². The number of aromatic amines is 1. The summed E-state index contributed by atoms with van der Waals surface area (Å²) in [4.78, 5) is 60.3. The number of fused-ring (bicyclic) bond motifs is 1. The number of ether oxygens (including phenoxy) is 3. The van der Waals surface area contributed by atoms with Crippen molar-refractivity contribution >= 4 is 28.8 Å². The second-order valence-electron chi connectivity index (χ2n) is 14.4. The molecule has 2 heterocycles. The molecule has 1 aromatic heterocycles. The average Bonchev–Trinajstić information content (AvgIpc) is 3.42. The van der Waals surface area contributed by atoms with Gasteiger partial charge in [-0.15, -0.1) is 0 Å². The highest BCUT2D eigenvalue weighted by Gasteiger charge is 2.54. The van der Waals surface area contributed by atoms with Crippen molar-refractivity contribution in [1.82, 2.24) is 20.2 Å². The molecule has 13 heteroatoms. The van der Waals surface area contributed by atoms with Gasteiger partial charge < -0.3 is 29.4 Å². The van der Waals surface area contributed by atoms with Crippen molar-refractivity contribution in [3.8, 4) is 5.75 Å². The van der Waals surface area contributed by atoms with E-state index in [1.54, 1.807) is 17.9 Å². The minimum absolute atomic E-state index is 0.0209. The molecule has 5 unspecified atom stereocenters. The van der Waals surface area contributed by atoms with Gasteiger partial charge in [0.1, 0.15) is 24.0 Å². The number of halogens is 2. The van der Waals surface area contributed by atoms with Gasteiger partial charge in [0.2, 0.25) is 5.91 Å². The Morgan fingerprint density at radius 2 is 1.91 bits per heavy atom. The van der Waals surface area contributed by atoms with Gasteiger partial charge in [0, 0.05) is 31.1 Å². The summed E-state index contributed by atoms with van der Waals surface area (Å²) in [5, 5.41) is 2.76. The van der Waals surface area contributed by atoms with Crippen LogP contribution in [-0.4, -0.2) is 77.2 Å². The lowest BCUT2D eigenvalue weighted by Gasteiger charge is -2.36. The molecular formula is C34H48F2N4O7. The lowest BCUT2D eigenvalue weighted by atomic mass is 9.84. The molecule has 260 valence electrons. The maximum absolute atomic E-state index is 14.9. The topological polar surface area (TPSA) is 140 Å². The molecule has 1 saturated heterocycles. The first-order valence-electron chi connectivity index (χ1n) is 16.3. The molecule has 0 radical (unpaired) electrons. The Kier molecular flexibility index (Phi) is 10.7. The van der Waals surface area contributed by atoms with Gasteiger partial charge in [0.05, 0.1) is 24.2 Å². The average molecular weight is 663 g/mol. The van der Waals surface area contributed by atoms with E-state index in [9.17, 15) is 28.0 Å². The van der Waals surface area contributed by atoms with Crippen molar-refractivity contribution in [2.45, 2.75) is 97.8 Å². The summed E-state index contributed by atoms with van der Waals surface area (Å²) < 4.78 is 46.0. The smallest absolute Gasteiger partial charge is 0.408 e. The number of hydrogen-bond donors (Lipinski definition) is 2. The van der Waals surface area contributed by atoms with Crippen LogP contribution in [0.1, 0.15) is 79.8 Å². The highest BCUT2D eigenvalue weighted by molar-refractivity contribution is 5.94. The van der Waals surface area contributed by atoms with E-state index in [1.165, 1.54) is 19.2 Å². The van der Waals surface area contributed by atoms with Crippen molar-refractivity contribution in [3.63, 3.8) is 0 Å². The van der Waals surface area contributed by atoms with Crippen molar-refractivity contribution in [2.24, 2.45) is 23.2 Å². The SMILES string of the molecule is CCC1CCN(C(=O)C(NC(=O)OC2(C)CC2CCOCC(F)(F)c2nc3ccc(OC)cc3[nH]c2=O)C(C)(C)C)C1C(=O)C(C)C. The van der Waals surface area contributed by atoms with Gasteiger partial charge in [0.15, 0.2) is 11.5 Å². The fraction of sp³-hybridized carbons (Fsp3) is 0.676. The third-order valence-electron chi connectivity index (χ3n) is 9.39. The van der Waals surface area contributed by atoms with Crippen molar-refractivity contribution in [2.75, 3.05) is 26.9 Å². The zero-order valence-corrected chi connectivity index (χ0v) is 28.6. The Hall–Kier alpha value is -3.61. The van der Waals surface area contributed by atoms with Crippen LogP contribution in [0, 0.1) is 23.2 Å². The van der Waals surface area contributed by atoms with Crippen LogP contribution in [0.5, 0.6) is 5.75 Å². The number of Topliss-reactive ketones (excluding diaryl/α,β-unsaturated/α-hetero) is 1. The van der Waals surface area contributed by atoms with Crippen LogP contribution >= 0.6 is 0 Å². The number of rotatable bonds is 13. The third kappa shape index (κ3) is 8.10. The third-order valence-corrected chi connectivity index (χ3v) is 9.39. The summed E-state index contributed by atoms with van der Waals surface area (Å²) in [6.07, 6.45) is 1.59. The molecule has 2 aromatic rings. The van der Waals surface area contributed by atoms with Crippen molar-refractivity contribution in [3.05, 3.63) is 34.2 Å². The van der Waals surface area contributed by atoms with Gasteiger partial charge in [-0.05, 0) is 49.7 Å². The molecule has 1 saturated carbocycles. The van der Waals surface area contributed by atoms with E-state index < -0.39 is 53.0 Å². The highest BCUT2D eigenvalue weighted by Crippen LogP contribution is 2.49. The zero-order valence-electron chi connectivity index (χ0n) is 28.6. The predicted molar refractivity (Wildman–Crippen MR) is 171 cm³/mol. The normalized spacial score (nSPS) is 23.6. The second kappa shape index (κ2) is 13.9. The molecule has 2 amide bonds. The van der Waals surface area contributed by atoms with E-state index in [0.29, 0.717) is 25.1 Å². The Labute approximate surface area is 274 Å². The number of H-pyrrole nitrogens is 1. The van der Waals surface area contributed by atoms with Crippen molar-refractivity contribution in [1.29, 1.82) is 0 Å². The van der Waals surface area contributed by atoms with Crippen LogP contribution in [0.2, 0.25) is 0 Å². The molecule has 2 fully saturated rings. The number of likely N-dealkylation sites (tertiary alicyclic amines) is 1. The predicted octanol–water partition coefficient (Wildman–Crippen LogP) is 5.20. The number of nitrogens with one attached hydrogen (secondary N) is 2. The first kappa shape index (κ1) is 36.2. The van der Waals surface area contributed by atoms with Crippen molar-refractivity contribution < 1.29 is 37.4 Å². The van der Waals surface area contributed by atoms with E-state index in [1.807, 2.05) is 41.5 Å². The number of alkyl carbamates (subject to hydrolysis) is 1. The van der Waals surface area contributed by atoms with Gasteiger partial charge in [0.25, 0.3) is 5.56 Å². The molecule has 0 bridgehead atoms. The Morgan fingerprint density at radius 1 is 1.21 bits per heavy atom. The number of methoxy groups -OCH3 is 1. The Bertz CT molecular complexity index is 1540. The Morgan fingerprint density at radius 3 is 2.53 bits per heavy atom. The molecular weight excluding hydrogens is 614 g/mol. The van der Waals surface area contributed by atoms with Gasteiger partial charge in [-0.25, -0.2) is 9.78 Å². The molecule has 0 spiro atoms. The van der Waals surface area contributed by atoms with Crippen LogP contribution in [0.25, 0.3) is 11.0 Å². The quantitative estimate of drug-likeness (QED) is 0.279. The van der Waals surface area contributed by atoms with Crippen LogP contribution in [-0.2, 0) is 25.0 Å². The molecule has 47 heavy (non-hydrogen) atoms. The number of benzene rings is 1. The van der Waals surface area contributed by atoms with Gasteiger partial charge >= 0.3 is 12.0 Å². The summed E-state index contributed by atoms with van der Waals surface area (Å²) in [5.41, 5.74) is -3.00. The standard InChI is InChI=1S/C34H48F2N4O7/c1-9-20-12-14-40(25(20)26(41)19(2)3)30(43)28(32(4,5)6)39-31(44)47-33(7)17-21(33)13-15-46-18-34(35,36)27-29(42)38-24-16-22(45-8)10-11-23(24)37-27/h10-11,16,19-21,25,28H,9,12-15,17-18H2,1-8H3,(H,38,42)(H,39,44). The van der Waals surface area contributed by atoms with E-state index in [0.717, 1.165) is 12.8 Å². The van der Waals surface area contributed by atoms with E-state index in [2.05, 4.69) is 15.3 Å². The molecule has 2 N–H and O–H groups in total. The number of carbonyl (C=O) groups is 3. The summed E-state index contributed by atoms with van der Waals surface area (Å²) in [7, 11) is 1.45. The summed E-state index contributed by atoms with van der Waals surface area (Å²) in [6.45, 7) is 12.3. The molecule has 2 aliphatic rings. The monoisotopic (exact) mass is 662 g/mol. The maximum Gasteiger partial charge on any atom is 0.408 e. The van der Waals surface area contributed by atoms with Crippen LogP contribution < -0.4 is 15.6 Å². The number of ketones is 1. The zero-order chi connectivity index (χ0) is 34.9. The molecule has 1 aliphatic heterocycles. The largest absolute Gasteiger partial charge is 0.497 e. The first-order valence-corrected chi connectivity index (χ1v) is 16.3. The van der Waals surface area contributed by atoms with E-state index >= 15 is 0 Å². The number of alkyl halides is 2.